The number of halogens is 1. The number of thiophene rings is 2. The van der Waals surface area contributed by atoms with Gasteiger partial charge in [-0.15, -0.1) is 22.7 Å². The van der Waals surface area contributed by atoms with Gasteiger partial charge in [-0.2, -0.15) is 0 Å². The minimum Gasteiger partial charge on any atom is -0.347 e. The third-order valence-corrected chi connectivity index (χ3v) is 6.68. The summed E-state index contributed by atoms with van der Waals surface area (Å²) in [6, 6.07) is 7.37. The highest BCUT2D eigenvalue weighted by atomic mass is 35.5. The molecule has 1 saturated heterocycles. The van der Waals surface area contributed by atoms with E-state index in [4.69, 9.17) is 11.6 Å². The Bertz CT molecular complexity index is 743. The number of fused-ring (bicyclic) bond motifs is 2. The lowest BCUT2D eigenvalue weighted by molar-refractivity contribution is 0.0653. The van der Waals surface area contributed by atoms with E-state index >= 15 is 0 Å². The summed E-state index contributed by atoms with van der Waals surface area (Å²) in [7, 11) is 0. The molecule has 4 rings (SSSR count). The third kappa shape index (κ3) is 2.79. The fraction of sp³-hybridized carbons (Fsp3) is 0.375. The van der Waals surface area contributed by atoms with Gasteiger partial charge in [0.25, 0.3) is 11.8 Å². The highest BCUT2D eigenvalue weighted by Gasteiger charge is 2.47. The maximum atomic E-state index is 12.7. The van der Waals surface area contributed by atoms with Gasteiger partial charge in [0.2, 0.25) is 0 Å². The fourth-order valence-electron chi connectivity index (χ4n) is 3.63. The number of carbonyl (C=O) groups excluding carboxylic acids is 2. The van der Waals surface area contributed by atoms with Crippen LogP contribution in [0.25, 0.3) is 0 Å². The Kier molecular flexibility index (Phi) is 3.91. The zero-order valence-electron chi connectivity index (χ0n) is 12.2. The topological polar surface area (TPSA) is 49.4 Å². The van der Waals surface area contributed by atoms with Crippen molar-refractivity contribution in [1.29, 1.82) is 0 Å². The van der Waals surface area contributed by atoms with Crippen molar-refractivity contribution in [1.82, 2.24) is 10.2 Å². The number of carbonyl (C=O) groups is 2. The summed E-state index contributed by atoms with van der Waals surface area (Å²) in [6.07, 6.45) is 1.93. The van der Waals surface area contributed by atoms with E-state index in [0.717, 1.165) is 24.3 Å². The van der Waals surface area contributed by atoms with Crippen molar-refractivity contribution >= 4 is 46.1 Å². The summed E-state index contributed by atoms with van der Waals surface area (Å²) >= 11 is 8.68. The lowest BCUT2D eigenvalue weighted by Gasteiger charge is -2.33. The van der Waals surface area contributed by atoms with E-state index in [1.165, 1.54) is 22.7 Å². The molecule has 2 aromatic heterocycles. The number of nitrogens with zero attached hydrogens (tertiary/aromatic N) is 1. The molecule has 2 aliphatic rings. The molecule has 2 fully saturated rings. The zero-order valence-corrected chi connectivity index (χ0v) is 14.6. The van der Waals surface area contributed by atoms with Crippen molar-refractivity contribution < 1.29 is 9.59 Å². The highest BCUT2D eigenvalue weighted by Crippen LogP contribution is 2.39. The van der Waals surface area contributed by atoms with Gasteiger partial charge in [-0.3, -0.25) is 9.59 Å². The summed E-state index contributed by atoms with van der Waals surface area (Å²) in [5, 5.41) is 5.00. The first-order valence-corrected chi connectivity index (χ1v) is 9.60. The van der Waals surface area contributed by atoms with E-state index in [2.05, 4.69) is 5.32 Å². The van der Waals surface area contributed by atoms with Crippen LogP contribution in [0, 0.1) is 5.92 Å². The van der Waals surface area contributed by atoms with Gasteiger partial charge in [-0.05, 0) is 42.3 Å². The van der Waals surface area contributed by atoms with Gasteiger partial charge in [-0.1, -0.05) is 17.7 Å². The number of nitrogens with one attached hydrogen (secondary N) is 1. The van der Waals surface area contributed by atoms with Crippen LogP contribution in [0.3, 0.4) is 0 Å². The van der Waals surface area contributed by atoms with Crippen LogP contribution >= 0.6 is 34.3 Å². The van der Waals surface area contributed by atoms with Crippen molar-refractivity contribution in [3.05, 3.63) is 43.7 Å². The number of hydrogen-bond acceptors (Lipinski definition) is 4. The van der Waals surface area contributed by atoms with Gasteiger partial charge in [0.15, 0.2) is 0 Å². The molecular formula is C16H15ClN2O2S2. The Morgan fingerprint density at radius 1 is 1.22 bits per heavy atom. The van der Waals surface area contributed by atoms with Gasteiger partial charge < -0.3 is 10.2 Å². The van der Waals surface area contributed by atoms with Crippen molar-refractivity contribution in [2.24, 2.45) is 5.92 Å². The summed E-state index contributed by atoms with van der Waals surface area (Å²) in [5.74, 6) is 0.474. The molecule has 2 amide bonds. The lowest BCUT2D eigenvalue weighted by Crippen LogP contribution is -2.51. The van der Waals surface area contributed by atoms with Crippen LogP contribution < -0.4 is 5.32 Å². The summed E-state index contributed by atoms with van der Waals surface area (Å²) in [4.78, 5) is 28.2. The van der Waals surface area contributed by atoms with Crippen LogP contribution in [0.2, 0.25) is 4.34 Å². The number of amides is 2. The summed E-state index contributed by atoms with van der Waals surface area (Å²) < 4.78 is 0.625. The molecule has 0 aromatic carbocycles. The molecule has 1 N–H and O–H groups in total. The fourth-order valence-corrected chi connectivity index (χ4v) is 5.26. The van der Waals surface area contributed by atoms with Crippen LogP contribution in [0.1, 0.15) is 32.2 Å². The standard InChI is InChI=1S/C16H15ClN2O2S2/c17-14-4-3-13(23-14)16(21)19-8-9-6-10(11(19)7-9)18-15(20)12-2-1-5-22-12/h1-5,9-11H,6-8H2,(H,18,20)/t9-,10+,11-/m1/s1. The van der Waals surface area contributed by atoms with E-state index in [1.54, 1.807) is 12.1 Å². The molecule has 3 heterocycles. The van der Waals surface area contributed by atoms with E-state index in [0.29, 0.717) is 15.1 Å². The van der Waals surface area contributed by atoms with Crippen LogP contribution in [0.15, 0.2) is 29.6 Å². The van der Waals surface area contributed by atoms with Crippen molar-refractivity contribution in [3.8, 4) is 0 Å². The second-order valence-corrected chi connectivity index (χ2v) is 8.69. The second-order valence-electron chi connectivity index (χ2n) is 6.02. The Morgan fingerprint density at radius 3 is 2.74 bits per heavy atom. The van der Waals surface area contributed by atoms with E-state index in [1.807, 2.05) is 22.4 Å². The molecular weight excluding hydrogens is 352 g/mol. The molecule has 0 spiro atoms. The molecule has 23 heavy (non-hydrogen) atoms. The predicted molar refractivity (Wildman–Crippen MR) is 92.5 cm³/mol. The minimum atomic E-state index is -0.0379. The Hall–Kier alpha value is -1.37. The third-order valence-electron chi connectivity index (χ3n) is 4.59. The first-order chi connectivity index (χ1) is 11.1. The smallest absolute Gasteiger partial charge is 0.264 e. The van der Waals surface area contributed by atoms with Crippen LogP contribution in [0.5, 0.6) is 0 Å². The van der Waals surface area contributed by atoms with Gasteiger partial charge in [0.1, 0.15) is 0 Å². The number of rotatable bonds is 3. The maximum Gasteiger partial charge on any atom is 0.264 e. The van der Waals surface area contributed by atoms with Gasteiger partial charge >= 0.3 is 0 Å². The van der Waals surface area contributed by atoms with Crippen LogP contribution in [-0.4, -0.2) is 35.3 Å². The monoisotopic (exact) mass is 366 g/mol. The molecule has 1 saturated carbocycles. The first-order valence-electron chi connectivity index (χ1n) is 7.52. The highest BCUT2D eigenvalue weighted by molar-refractivity contribution is 7.18. The summed E-state index contributed by atoms with van der Waals surface area (Å²) in [5.41, 5.74) is 0. The quantitative estimate of drug-likeness (QED) is 0.903. The minimum absolute atomic E-state index is 0.0319. The molecule has 2 aromatic rings. The van der Waals surface area contributed by atoms with Gasteiger partial charge in [0, 0.05) is 12.6 Å². The Balaban J connectivity index is 1.48. The SMILES string of the molecule is O=C(N[C@H]1C[C@@H]2C[C@H]1N(C(=O)c1ccc(Cl)s1)C2)c1cccs1. The molecule has 0 radical (unpaired) electrons. The normalized spacial score (nSPS) is 25.8. The number of likely N-dealkylation sites (tertiary alicyclic amines) is 1. The predicted octanol–water partition coefficient (Wildman–Crippen LogP) is 3.50. The van der Waals surface area contributed by atoms with Crippen molar-refractivity contribution in [2.75, 3.05) is 6.54 Å². The van der Waals surface area contributed by atoms with Crippen molar-refractivity contribution in [2.45, 2.75) is 24.9 Å². The largest absolute Gasteiger partial charge is 0.347 e. The van der Waals surface area contributed by atoms with Crippen LogP contribution in [-0.2, 0) is 0 Å². The van der Waals surface area contributed by atoms with E-state index in [9.17, 15) is 9.59 Å². The molecule has 4 nitrogen and oxygen atoms in total. The molecule has 1 aliphatic carbocycles. The maximum absolute atomic E-state index is 12.7. The lowest BCUT2D eigenvalue weighted by atomic mass is 10.1. The molecule has 0 unspecified atom stereocenters. The van der Waals surface area contributed by atoms with E-state index in [-0.39, 0.29) is 23.9 Å². The number of hydrogen-bond donors (Lipinski definition) is 1. The van der Waals surface area contributed by atoms with Gasteiger partial charge in [0.05, 0.1) is 20.1 Å². The Labute approximate surface area is 147 Å². The van der Waals surface area contributed by atoms with Crippen LogP contribution in [0.4, 0.5) is 0 Å². The second kappa shape index (κ2) is 5.92. The zero-order chi connectivity index (χ0) is 16.0. The molecule has 3 atom stereocenters. The Morgan fingerprint density at radius 2 is 2.09 bits per heavy atom. The number of piperidine rings is 1. The van der Waals surface area contributed by atoms with Crippen molar-refractivity contribution in [3.63, 3.8) is 0 Å². The molecule has 120 valence electrons. The molecule has 7 heteroatoms. The van der Waals surface area contributed by atoms with E-state index < -0.39 is 0 Å². The molecule has 1 aliphatic heterocycles. The average molecular weight is 367 g/mol. The van der Waals surface area contributed by atoms with Gasteiger partial charge in [-0.25, -0.2) is 0 Å². The summed E-state index contributed by atoms with van der Waals surface area (Å²) in [6.45, 7) is 0.782. The first kappa shape index (κ1) is 15.2. The molecule has 2 bridgehead atoms. The average Bonchev–Trinajstić information content (AvgIpc) is 3.30.